The topological polar surface area (TPSA) is 44.8 Å². The van der Waals surface area contributed by atoms with Crippen LogP contribution in [0.2, 0.25) is 0 Å². The lowest BCUT2D eigenvalue weighted by atomic mass is 10.0. The summed E-state index contributed by atoms with van der Waals surface area (Å²) in [6.07, 6.45) is 0. The van der Waals surface area contributed by atoms with Crippen molar-refractivity contribution in [3.8, 4) is 0 Å². The van der Waals surface area contributed by atoms with E-state index in [0.29, 0.717) is 12.1 Å². The lowest BCUT2D eigenvalue weighted by molar-refractivity contribution is 0.0162. The van der Waals surface area contributed by atoms with Crippen LogP contribution in [0.25, 0.3) is 0 Å². The fourth-order valence-electron chi connectivity index (χ4n) is 3.22. The molecule has 1 fully saturated rings. The minimum absolute atomic E-state index is 0.0335. The molecule has 0 radical (unpaired) electrons. The van der Waals surface area contributed by atoms with Crippen LogP contribution in [0, 0.1) is 0 Å². The highest BCUT2D eigenvalue weighted by molar-refractivity contribution is 5.94. The second kappa shape index (κ2) is 8.83. The van der Waals surface area contributed by atoms with Crippen LogP contribution in [0.1, 0.15) is 22.0 Å². The Balaban J connectivity index is 1.73. The van der Waals surface area contributed by atoms with Crippen LogP contribution in [0.15, 0.2) is 54.6 Å². The lowest BCUT2D eigenvalue weighted by Crippen LogP contribution is -2.43. The number of carbonyl (C=O) groups is 1. The third kappa shape index (κ3) is 4.62. The number of benzene rings is 2. The number of nitrogens with zero attached hydrogens (tertiary/aromatic N) is 2. The summed E-state index contributed by atoms with van der Waals surface area (Å²) >= 11 is 0. The number of ether oxygens (including phenoxy) is 1. The zero-order chi connectivity index (χ0) is 18.4. The maximum absolute atomic E-state index is 12.4. The van der Waals surface area contributed by atoms with Crippen molar-refractivity contribution < 1.29 is 9.53 Å². The van der Waals surface area contributed by atoms with Gasteiger partial charge in [-0.2, -0.15) is 0 Å². The third-order valence-electron chi connectivity index (χ3n) is 4.77. The van der Waals surface area contributed by atoms with Gasteiger partial charge in [-0.15, -0.1) is 0 Å². The number of anilines is 1. The van der Waals surface area contributed by atoms with Crippen molar-refractivity contribution in [3.05, 3.63) is 65.7 Å². The van der Waals surface area contributed by atoms with E-state index in [0.717, 1.165) is 26.3 Å². The molecule has 1 heterocycles. The molecule has 26 heavy (non-hydrogen) atoms. The molecule has 5 nitrogen and oxygen atoms in total. The van der Waals surface area contributed by atoms with Gasteiger partial charge in [0.15, 0.2) is 0 Å². The summed E-state index contributed by atoms with van der Waals surface area (Å²) in [7, 11) is 4.07. The lowest BCUT2D eigenvalue weighted by Gasteiger charge is -2.35. The summed E-state index contributed by atoms with van der Waals surface area (Å²) in [6, 6.07) is 18.1. The maximum atomic E-state index is 12.4. The number of carbonyl (C=O) groups excluding carboxylic acids is 1. The number of morpholine rings is 1. The van der Waals surface area contributed by atoms with E-state index >= 15 is 0 Å². The number of hydrogen-bond acceptors (Lipinski definition) is 4. The van der Waals surface area contributed by atoms with Crippen molar-refractivity contribution in [1.29, 1.82) is 0 Å². The first-order valence-corrected chi connectivity index (χ1v) is 9.07. The molecule has 1 saturated heterocycles. The smallest absolute Gasteiger partial charge is 0.251 e. The van der Waals surface area contributed by atoms with Crippen LogP contribution in [0.3, 0.4) is 0 Å². The first kappa shape index (κ1) is 18.4. The second-order valence-electron chi connectivity index (χ2n) is 6.73. The molecule has 1 atom stereocenters. The highest BCUT2D eigenvalue weighted by Crippen LogP contribution is 2.24. The zero-order valence-corrected chi connectivity index (χ0v) is 15.5. The van der Waals surface area contributed by atoms with E-state index in [1.807, 2.05) is 44.4 Å². The molecule has 2 aromatic rings. The molecule has 5 heteroatoms. The average Bonchev–Trinajstić information content (AvgIpc) is 2.70. The van der Waals surface area contributed by atoms with E-state index in [1.54, 1.807) is 0 Å². The van der Waals surface area contributed by atoms with Crippen molar-refractivity contribution >= 4 is 11.6 Å². The van der Waals surface area contributed by atoms with Gasteiger partial charge in [-0.3, -0.25) is 9.69 Å². The van der Waals surface area contributed by atoms with Crippen molar-refractivity contribution in [1.82, 2.24) is 10.2 Å². The first-order chi connectivity index (χ1) is 12.6. The number of hydrogen-bond donors (Lipinski definition) is 1. The summed E-state index contributed by atoms with van der Waals surface area (Å²) in [6.45, 7) is 3.80. The average molecular weight is 353 g/mol. The Hall–Kier alpha value is -2.37. The van der Waals surface area contributed by atoms with Crippen LogP contribution >= 0.6 is 0 Å². The van der Waals surface area contributed by atoms with E-state index in [9.17, 15) is 4.79 Å². The summed E-state index contributed by atoms with van der Waals surface area (Å²) in [4.78, 5) is 16.9. The number of amides is 1. The fourth-order valence-corrected chi connectivity index (χ4v) is 3.22. The van der Waals surface area contributed by atoms with Crippen molar-refractivity contribution in [2.75, 3.05) is 51.8 Å². The highest BCUT2D eigenvalue weighted by Gasteiger charge is 2.23. The highest BCUT2D eigenvalue weighted by atomic mass is 16.5. The van der Waals surface area contributed by atoms with E-state index in [1.165, 1.54) is 11.3 Å². The van der Waals surface area contributed by atoms with Gasteiger partial charge >= 0.3 is 0 Å². The van der Waals surface area contributed by atoms with E-state index in [4.69, 9.17) is 4.74 Å². The Bertz CT molecular complexity index is 695. The predicted octanol–water partition coefficient (Wildman–Crippen LogP) is 2.56. The summed E-state index contributed by atoms with van der Waals surface area (Å²) in [5.74, 6) is -0.0335. The molecule has 3 rings (SSSR count). The van der Waals surface area contributed by atoms with Gasteiger partial charge in [0.25, 0.3) is 5.91 Å². The van der Waals surface area contributed by atoms with Gasteiger partial charge in [-0.1, -0.05) is 30.3 Å². The molecule has 0 aliphatic carbocycles. The molecule has 0 unspecified atom stereocenters. The Kier molecular flexibility index (Phi) is 6.26. The Morgan fingerprint density at radius 1 is 1.08 bits per heavy atom. The summed E-state index contributed by atoms with van der Waals surface area (Å²) < 4.78 is 5.50. The van der Waals surface area contributed by atoms with Crippen LogP contribution in [0.4, 0.5) is 5.69 Å². The third-order valence-corrected chi connectivity index (χ3v) is 4.77. The van der Waals surface area contributed by atoms with Crippen molar-refractivity contribution in [2.45, 2.75) is 6.04 Å². The van der Waals surface area contributed by atoms with Crippen LogP contribution < -0.4 is 10.2 Å². The van der Waals surface area contributed by atoms with Crippen LogP contribution in [0.5, 0.6) is 0 Å². The van der Waals surface area contributed by atoms with Gasteiger partial charge < -0.3 is 15.0 Å². The Morgan fingerprint density at radius 3 is 2.35 bits per heavy atom. The standard InChI is InChI=1S/C21H27N3O2/c1-23(2)19-10-8-17(9-11-19)20(24-12-14-26-15-13-24)16-22-21(25)18-6-4-3-5-7-18/h3-11,20H,12-16H2,1-2H3,(H,22,25)/t20-/m1/s1. The molecular weight excluding hydrogens is 326 g/mol. The van der Waals surface area contributed by atoms with Gasteiger partial charge in [-0.05, 0) is 29.8 Å². The Morgan fingerprint density at radius 2 is 1.73 bits per heavy atom. The molecule has 0 aromatic heterocycles. The van der Waals surface area contributed by atoms with Crippen molar-refractivity contribution in [2.24, 2.45) is 0 Å². The van der Waals surface area contributed by atoms with Crippen LogP contribution in [-0.2, 0) is 4.74 Å². The van der Waals surface area contributed by atoms with Gasteiger partial charge in [0, 0.05) is 45.0 Å². The second-order valence-corrected chi connectivity index (χ2v) is 6.73. The minimum Gasteiger partial charge on any atom is -0.379 e. The molecule has 0 spiro atoms. The molecule has 1 amide bonds. The summed E-state index contributed by atoms with van der Waals surface area (Å²) in [5.41, 5.74) is 3.07. The molecule has 1 aliphatic rings. The number of nitrogens with one attached hydrogen (secondary N) is 1. The number of rotatable bonds is 6. The molecule has 0 saturated carbocycles. The predicted molar refractivity (Wildman–Crippen MR) is 105 cm³/mol. The largest absolute Gasteiger partial charge is 0.379 e. The van der Waals surface area contributed by atoms with E-state index in [2.05, 4.69) is 39.4 Å². The van der Waals surface area contributed by atoms with E-state index in [-0.39, 0.29) is 11.9 Å². The van der Waals surface area contributed by atoms with E-state index < -0.39 is 0 Å². The quantitative estimate of drug-likeness (QED) is 0.867. The zero-order valence-electron chi connectivity index (χ0n) is 15.5. The van der Waals surface area contributed by atoms with Crippen molar-refractivity contribution in [3.63, 3.8) is 0 Å². The maximum Gasteiger partial charge on any atom is 0.251 e. The summed E-state index contributed by atoms with van der Waals surface area (Å²) in [5, 5.41) is 3.10. The molecule has 1 aliphatic heterocycles. The molecule has 0 bridgehead atoms. The minimum atomic E-state index is -0.0335. The fraction of sp³-hybridized carbons (Fsp3) is 0.381. The Labute approximate surface area is 155 Å². The SMILES string of the molecule is CN(C)c1ccc([C@@H](CNC(=O)c2ccccc2)N2CCOCC2)cc1. The van der Waals surface area contributed by atoms with Gasteiger partial charge in [0.2, 0.25) is 0 Å². The monoisotopic (exact) mass is 353 g/mol. The first-order valence-electron chi connectivity index (χ1n) is 9.07. The van der Waals surface area contributed by atoms with Gasteiger partial charge in [0.1, 0.15) is 0 Å². The van der Waals surface area contributed by atoms with Gasteiger partial charge in [0.05, 0.1) is 19.3 Å². The molecule has 2 aromatic carbocycles. The molecule has 138 valence electrons. The normalized spacial score (nSPS) is 16.1. The van der Waals surface area contributed by atoms with Gasteiger partial charge in [-0.25, -0.2) is 0 Å². The molecule has 1 N–H and O–H groups in total. The van der Waals surface area contributed by atoms with Crippen LogP contribution in [-0.4, -0.2) is 57.8 Å². The molecular formula is C21H27N3O2.